The van der Waals surface area contributed by atoms with Crippen molar-refractivity contribution >= 4 is 29.9 Å². The number of imidazole rings is 1. The second-order valence-corrected chi connectivity index (χ2v) is 7.88. The Bertz CT molecular complexity index is 763. The van der Waals surface area contributed by atoms with Crippen LogP contribution in [0, 0.1) is 5.92 Å². The lowest BCUT2D eigenvalue weighted by atomic mass is 10.0. The predicted molar refractivity (Wildman–Crippen MR) is 140 cm³/mol. The molecule has 7 nitrogen and oxygen atoms in total. The Kier molecular flexibility index (Phi) is 13.3. The Hall–Kier alpha value is -1.65. The lowest BCUT2D eigenvalue weighted by Crippen LogP contribution is -2.38. The van der Waals surface area contributed by atoms with Crippen molar-refractivity contribution in [1.82, 2.24) is 20.2 Å². The first-order chi connectivity index (χ1) is 15.3. The van der Waals surface area contributed by atoms with Crippen LogP contribution in [0.25, 0.3) is 0 Å². The third kappa shape index (κ3) is 9.87. The Labute approximate surface area is 209 Å². The van der Waals surface area contributed by atoms with Crippen LogP contribution in [0.4, 0.5) is 0 Å². The second kappa shape index (κ2) is 16.0. The summed E-state index contributed by atoms with van der Waals surface area (Å²) >= 11 is 0. The summed E-state index contributed by atoms with van der Waals surface area (Å²) in [6.07, 6.45) is 8.07. The molecule has 1 saturated heterocycles. The van der Waals surface area contributed by atoms with Crippen LogP contribution in [0.2, 0.25) is 0 Å². The van der Waals surface area contributed by atoms with Crippen LogP contribution in [-0.2, 0) is 29.0 Å². The number of nitrogens with zero attached hydrogens (tertiary/aromatic N) is 3. The average Bonchev–Trinajstić information content (AvgIpc) is 3.27. The van der Waals surface area contributed by atoms with Gasteiger partial charge in [-0.25, -0.2) is 9.98 Å². The Morgan fingerprint density at radius 1 is 1.22 bits per heavy atom. The summed E-state index contributed by atoms with van der Waals surface area (Å²) in [6, 6.07) is 10.5. The topological polar surface area (TPSA) is 72.7 Å². The molecule has 0 amide bonds. The number of aryl methyl sites for hydroxylation is 2. The molecule has 1 aliphatic heterocycles. The van der Waals surface area contributed by atoms with E-state index in [2.05, 4.69) is 57.4 Å². The van der Waals surface area contributed by atoms with Crippen molar-refractivity contribution in [2.45, 2.75) is 45.7 Å². The third-order valence-corrected chi connectivity index (χ3v) is 5.46. The number of nitrogens with one attached hydrogen (secondary N) is 2. The maximum Gasteiger partial charge on any atom is 0.191 e. The van der Waals surface area contributed by atoms with Crippen molar-refractivity contribution in [2.24, 2.45) is 10.9 Å². The molecule has 0 aliphatic carbocycles. The molecule has 0 radical (unpaired) electrons. The number of rotatable bonds is 12. The van der Waals surface area contributed by atoms with E-state index in [0.29, 0.717) is 12.5 Å². The first kappa shape index (κ1) is 26.6. The smallest absolute Gasteiger partial charge is 0.191 e. The monoisotopic (exact) mass is 555 g/mol. The van der Waals surface area contributed by atoms with Gasteiger partial charge in [-0.3, -0.25) is 0 Å². The van der Waals surface area contributed by atoms with Crippen LogP contribution in [0.15, 0.2) is 47.7 Å². The van der Waals surface area contributed by atoms with E-state index >= 15 is 0 Å². The molecule has 0 spiro atoms. The SMILES string of the molecule is CCNC(=NCc1nccn1CCc1ccccc1)NCCCOCC1CCOCC1.I. The summed E-state index contributed by atoms with van der Waals surface area (Å²) in [4.78, 5) is 9.22. The highest BCUT2D eigenvalue weighted by molar-refractivity contribution is 14.0. The Morgan fingerprint density at radius 3 is 2.81 bits per heavy atom. The molecule has 2 aromatic rings. The minimum atomic E-state index is 0. The number of ether oxygens (including phenoxy) is 2. The van der Waals surface area contributed by atoms with Gasteiger partial charge in [0, 0.05) is 58.5 Å². The summed E-state index contributed by atoms with van der Waals surface area (Å²) in [5.74, 6) is 2.46. The van der Waals surface area contributed by atoms with Gasteiger partial charge in [0.25, 0.3) is 0 Å². The van der Waals surface area contributed by atoms with E-state index in [1.165, 1.54) is 5.56 Å². The summed E-state index contributed by atoms with van der Waals surface area (Å²) in [7, 11) is 0. The standard InChI is InChI=1S/C24H37N5O2.HI/c1-2-25-24(27-12-6-16-31-20-22-10-17-30-18-11-22)28-19-23-26-13-15-29(23)14-9-21-7-4-3-5-8-21;/h3-5,7-8,13,15,22H,2,6,9-12,14,16-20H2,1H3,(H2,25,27,28);1H. The fraction of sp³-hybridized carbons (Fsp3) is 0.583. The molecule has 0 saturated carbocycles. The van der Waals surface area contributed by atoms with Crippen LogP contribution in [0.3, 0.4) is 0 Å². The zero-order valence-electron chi connectivity index (χ0n) is 19.2. The molecule has 1 aliphatic rings. The van der Waals surface area contributed by atoms with Crippen LogP contribution < -0.4 is 10.6 Å². The molecule has 1 aromatic carbocycles. The van der Waals surface area contributed by atoms with E-state index in [0.717, 1.165) is 83.5 Å². The zero-order chi connectivity index (χ0) is 21.6. The lowest BCUT2D eigenvalue weighted by Gasteiger charge is -2.21. The molecule has 0 bridgehead atoms. The van der Waals surface area contributed by atoms with Crippen molar-refractivity contribution in [3.8, 4) is 0 Å². The molecule has 3 rings (SSSR count). The number of benzene rings is 1. The number of halogens is 1. The van der Waals surface area contributed by atoms with Crippen LogP contribution in [0.1, 0.15) is 37.6 Å². The van der Waals surface area contributed by atoms with E-state index < -0.39 is 0 Å². The van der Waals surface area contributed by atoms with Crippen molar-refractivity contribution in [2.75, 3.05) is 39.5 Å². The van der Waals surface area contributed by atoms with Crippen LogP contribution >= 0.6 is 24.0 Å². The van der Waals surface area contributed by atoms with Gasteiger partial charge >= 0.3 is 0 Å². The maximum atomic E-state index is 5.84. The highest BCUT2D eigenvalue weighted by Gasteiger charge is 2.13. The molecular formula is C24H38IN5O2. The van der Waals surface area contributed by atoms with E-state index in [9.17, 15) is 0 Å². The normalized spacial score (nSPS) is 14.7. The summed E-state index contributed by atoms with van der Waals surface area (Å²) in [5, 5.41) is 6.71. The number of hydrogen-bond donors (Lipinski definition) is 2. The summed E-state index contributed by atoms with van der Waals surface area (Å²) in [6.45, 7) is 8.58. The van der Waals surface area contributed by atoms with Gasteiger partial charge in [0.1, 0.15) is 12.4 Å². The van der Waals surface area contributed by atoms with Gasteiger partial charge in [-0.1, -0.05) is 30.3 Å². The molecule has 1 aromatic heterocycles. The molecule has 1 fully saturated rings. The molecular weight excluding hydrogens is 517 g/mol. The van der Waals surface area contributed by atoms with Gasteiger partial charge in [0.15, 0.2) is 5.96 Å². The third-order valence-electron chi connectivity index (χ3n) is 5.46. The van der Waals surface area contributed by atoms with E-state index in [1.807, 2.05) is 12.4 Å². The van der Waals surface area contributed by atoms with E-state index in [-0.39, 0.29) is 24.0 Å². The van der Waals surface area contributed by atoms with Crippen LogP contribution in [0.5, 0.6) is 0 Å². The molecule has 32 heavy (non-hydrogen) atoms. The quantitative estimate of drug-likeness (QED) is 0.181. The van der Waals surface area contributed by atoms with Crippen molar-refractivity contribution in [3.05, 3.63) is 54.1 Å². The summed E-state index contributed by atoms with van der Waals surface area (Å²) in [5.41, 5.74) is 1.33. The van der Waals surface area contributed by atoms with E-state index in [1.54, 1.807) is 0 Å². The molecule has 178 valence electrons. The highest BCUT2D eigenvalue weighted by atomic mass is 127. The largest absolute Gasteiger partial charge is 0.381 e. The Morgan fingerprint density at radius 2 is 2.03 bits per heavy atom. The second-order valence-electron chi connectivity index (χ2n) is 7.88. The molecule has 8 heteroatoms. The maximum absolute atomic E-state index is 5.84. The van der Waals surface area contributed by atoms with E-state index in [4.69, 9.17) is 14.5 Å². The fourth-order valence-electron chi connectivity index (χ4n) is 3.63. The van der Waals surface area contributed by atoms with Gasteiger partial charge in [0.05, 0.1) is 0 Å². The van der Waals surface area contributed by atoms with Crippen molar-refractivity contribution in [1.29, 1.82) is 0 Å². The number of hydrogen-bond acceptors (Lipinski definition) is 4. The van der Waals surface area contributed by atoms with Crippen molar-refractivity contribution in [3.63, 3.8) is 0 Å². The minimum absolute atomic E-state index is 0. The average molecular weight is 556 g/mol. The minimum Gasteiger partial charge on any atom is -0.381 e. The molecule has 0 unspecified atom stereocenters. The highest BCUT2D eigenvalue weighted by Crippen LogP contribution is 2.14. The fourth-order valence-corrected chi connectivity index (χ4v) is 3.63. The van der Waals surface area contributed by atoms with Crippen LogP contribution in [-0.4, -0.2) is 55.0 Å². The zero-order valence-corrected chi connectivity index (χ0v) is 21.5. The molecule has 0 atom stereocenters. The van der Waals surface area contributed by atoms with Crippen molar-refractivity contribution < 1.29 is 9.47 Å². The van der Waals surface area contributed by atoms with Gasteiger partial charge < -0.3 is 24.7 Å². The Balaban J connectivity index is 0.00000363. The predicted octanol–water partition coefficient (Wildman–Crippen LogP) is 3.63. The number of aromatic nitrogens is 2. The van der Waals surface area contributed by atoms with Gasteiger partial charge in [0.2, 0.25) is 0 Å². The first-order valence-electron chi connectivity index (χ1n) is 11.6. The lowest BCUT2D eigenvalue weighted by molar-refractivity contribution is 0.0203. The van der Waals surface area contributed by atoms with Gasteiger partial charge in [-0.05, 0) is 44.1 Å². The number of aliphatic imine (C=N–C) groups is 1. The first-order valence-corrected chi connectivity index (χ1v) is 11.6. The molecule has 2 N–H and O–H groups in total. The summed E-state index contributed by atoms with van der Waals surface area (Å²) < 4.78 is 13.4. The number of guanidine groups is 1. The van der Waals surface area contributed by atoms with Gasteiger partial charge in [-0.15, -0.1) is 24.0 Å². The molecule has 2 heterocycles. The van der Waals surface area contributed by atoms with Gasteiger partial charge in [-0.2, -0.15) is 0 Å².